The summed E-state index contributed by atoms with van der Waals surface area (Å²) in [4.78, 5) is 28.1. The van der Waals surface area contributed by atoms with Crippen LogP contribution in [-0.4, -0.2) is 52.8 Å². The molecule has 1 aliphatic rings. The number of nitro groups is 1. The zero-order valence-corrected chi connectivity index (χ0v) is 13.5. The predicted octanol–water partition coefficient (Wildman–Crippen LogP) is 1.55. The first-order valence-electron chi connectivity index (χ1n) is 7.34. The van der Waals surface area contributed by atoms with Gasteiger partial charge in [-0.1, -0.05) is 0 Å². The molecule has 1 aromatic rings. The van der Waals surface area contributed by atoms with Crippen molar-refractivity contribution in [1.29, 1.82) is 0 Å². The van der Waals surface area contributed by atoms with Gasteiger partial charge in [0.2, 0.25) is 0 Å². The maximum Gasteiger partial charge on any atom is 0.422 e. The number of amides is 1. The van der Waals surface area contributed by atoms with Crippen molar-refractivity contribution in [3.63, 3.8) is 0 Å². The Morgan fingerprint density at radius 3 is 2.57 bits per heavy atom. The minimum Gasteiger partial charge on any atom is -0.443 e. The molecule has 126 valence electrons. The van der Waals surface area contributed by atoms with E-state index in [1.165, 1.54) is 12.4 Å². The smallest absolute Gasteiger partial charge is 0.422 e. The number of piperazine rings is 1. The van der Waals surface area contributed by atoms with E-state index >= 15 is 0 Å². The molecule has 23 heavy (non-hydrogen) atoms. The minimum atomic E-state index is -0.552. The van der Waals surface area contributed by atoms with E-state index in [4.69, 9.17) is 4.74 Å². The molecule has 1 N–H and O–H groups in total. The highest BCUT2D eigenvalue weighted by Crippen LogP contribution is 2.27. The fraction of sp³-hybridized carbons (Fsp3) is 0.571. The van der Waals surface area contributed by atoms with Gasteiger partial charge in [-0.05, 0) is 26.8 Å². The highest BCUT2D eigenvalue weighted by molar-refractivity contribution is 5.67. The Hall–Kier alpha value is -2.42. The van der Waals surface area contributed by atoms with E-state index in [9.17, 15) is 14.9 Å². The molecule has 9 heteroatoms. The van der Waals surface area contributed by atoms with Crippen molar-refractivity contribution in [1.82, 2.24) is 15.4 Å². The van der Waals surface area contributed by atoms with E-state index in [-0.39, 0.29) is 5.69 Å². The minimum absolute atomic E-state index is 0.0129. The van der Waals surface area contributed by atoms with Gasteiger partial charge in [-0.25, -0.2) is 9.80 Å². The second kappa shape index (κ2) is 6.78. The Kier molecular flexibility index (Phi) is 4.99. The lowest BCUT2D eigenvalue weighted by Gasteiger charge is -2.35. The van der Waals surface area contributed by atoms with Crippen LogP contribution in [0.1, 0.15) is 20.8 Å². The summed E-state index contributed by atoms with van der Waals surface area (Å²) < 4.78 is 5.20. The molecular weight excluding hydrogens is 302 g/mol. The number of nitrogens with zero attached hydrogens (tertiary/aromatic N) is 4. The van der Waals surface area contributed by atoms with E-state index < -0.39 is 16.6 Å². The quantitative estimate of drug-likeness (QED) is 0.665. The fourth-order valence-corrected chi connectivity index (χ4v) is 2.28. The van der Waals surface area contributed by atoms with Crippen molar-refractivity contribution in [3.8, 4) is 0 Å². The number of anilines is 1. The maximum absolute atomic E-state index is 11.7. The second-order valence-electron chi connectivity index (χ2n) is 6.21. The first kappa shape index (κ1) is 16.9. The Labute approximate surface area is 134 Å². The van der Waals surface area contributed by atoms with Gasteiger partial charge in [0.15, 0.2) is 0 Å². The van der Waals surface area contributed by atoms with Gasteiger partial charge in [-0.15, -0.1) is 0 Å². The summed E-state index contributed by atoms with van der Waals surface area (Å²) in [5.41, 5.74) is 2.66. The number of hydrazine groups is 1. The third kappa shape index (κ3) is 4.78. The van der Waals surface area contributed by atoms with E-state index in [2.05, 4.69) is 10.4 Å². The van der Waals surface area contributed by atoms with Gasteiger partial charge in [0.25, 0.3) is 0 Å². The van der Waals surface area contributed by atoms with Crippen LogP contribution in [0.15, 0.2) is 18.5 Å². The van der Waals surface area contributed by atoms with Crippen LogP contribution in [-0.2, 0) is 4.74 Å². The van der Waals surface area contributed by atoms with Gasteiger partial charge in [-0.3, -0.25) is 20.5 Å². The van der Waals surface area contributed by atoms with Gasteiger partial charge in [0.05, 0.1) is 4.92 Å². The maximum atomic E-state index is 11.7. The van der Waals surface area contributed by atoms with Crippen LogP contribution in [0.2, 0.25) is 0 Å². The molecule has 2 heterocycles. The number of carbonyl (C=O) groups excluding carboxylic acids is 1. The Morgan fingerprint density at radius 1 is 1.35 bits per heavy atom. The predicted molar refractivity (Wildman–Crippen MR) is 84.0 cm³/mol. The van der Waals surface area contributed by atoms with Crippen molar-refractivity contribution in [2.75, 3.05) is 31.1 Å². The molecule has 0 aliphatic carbocycles. The molecule has 2 rings (SSSR count). The third-order valence-electron chi connectivity index (χ3n) is 3.24. The molecular formula is C14H21N5O4. The summed E-state index contributed by atoms with van der Waals surface area (Å²) in [5.74, 6) is 0. The van der Waals surface area contributed by atoms with Gasteiger partial charge >= 0.3 is 11.8 Å². The molecule has 0 atom stereocenters. The molecule has 9 nitrogen and oxygen atoms in total. The van der Waals surface area contributed by atoms with Crippen molar-refractivity contribution in [3.05, 3.63) is 28.6 Å². The molecule has 1 fully saturated rings. The standard InChI is InChI=1S/C14H21N5O4/c1-14(2,3)23-13(20)16-18-8-6-17(7-9-18)11-4-5-15-10-12(11)19(21)22/h4-5,10H,6-9H2,1-3H3,(H,16,20). The number of nitrogens with one attached hydrogen (secondary N) is 1. The lowest BCUT2D eigenvalue weighted by Crippen LogP contribution is -2.54. The Morgan fingerprint density at radius 2 is 2.00 bits per heavy atom. The van der Waals surface area contributed by atoms with Crippen molar-refractivity contribution in [2.45, 2.75) is 26.4 Å². The second-order valence-corrected chi connectivity index (χ2v) is 6.21. The Balaban J connectivity index is 1.92. The summed E-state index contributed by atoms with van der Waals surface area (Å²) >= 11 is 0. The fourth-order valence-electron chi connectivity index (χ4n) is 2.28. The summed E-state index contributed by atoms with van der Waals surface area (Å²) in [7, 11) is 0. The van der Waals surface area contributed by atoms with E-state index in [1.807, 2.05) is 4.90 Å². The summed E-state index contributed by atoms with van der Waals surface area (Å²) in [6, 6.07) is 1.63. The molecule has 1 saturated heterocycles. The van der Waals surface area contributed by atoms with Crippen molar-refractivity contribution >= 4 is 17.5 Å². The van der Waals surface area contributed by atoms with Crippen LogP contribution in [0.5, 0.6) is 0 Å². The highest BCUT2D eigenvalue weighted by Gasteiger charge is 2.25. The molecule has 0 unspecified atom stereocenters. The van der Waals surface area contributed by atoms with Crippen LogP contribution in [0.4, 0.5) is 16.2 Å². The number of hydrogen-bond acceptors (Lipinski definition) is 7. The van der Waals surface area contributed by atoms with Gasteiger partial charge in [0, 0.05) is 32.4 Å². The van der Waals surface area contributed by atoms with Crippen molar-refractivity contribution < 1.29 is 14.5 Å². The van der Waals surface area contributed by atoms with Crippen LogP contribution in [0.25, 0.3) is 0 Å². The van der Waals surface area contributed by atoms with Crippen LogP contribution in [0, 0.1) is 10.1 Å². The first-order chi connectivity index (χ1) is 10.8. The molecule has 1 aliphatic heterocycles. The third-order valence-corrected chi connectivity index (χ3v) is 3.24. The Bertz CT molecular complexity index is 579. The summed E-state index contributed by atoms with van der Waals surface area (Å²) in [6.45, 7) is 7.59. The van der Waals surface area contributed by atoms with Gasteiger partial charge < -0.3 is 9.64 Å². The zero-order valence-electron chi connectivity index (χ0n) is 13.5. The number of aromatic nitrogens is 1. The molecule has 0 bridgehead atoms. The average molecular weight is 323 g/mol. The lowest BCUT2D eigenvalue weighted by atomic mass is 10.2. The average Bonchev–Trinajstić information content (AvgIpc) is 2.46. The molecule has 1 amide bonds. The highest BCUT2D eigenvalue weighted by atomic mass is 16.6. The molecule has 1 aromatic heterocycles. The van der Waals surface area contributed by atoms with Gasteiger partial charge in [-0.2, -0.15) is 0 Å². The number of pyridine rings is 1. The van der Waals surface area contributed by atoms with E-state index in [1.54, 1.807) is 31.8 Å². The van der Waals surface area contributed by atoms with Crippen LogP contribution >= 0.6 is 0 Å². The lowest BCUT2D eigenvalue weighted by molar-refractivity contribution is -0.384. The van der Waals surface area contributed by atoms with E-state index in [0.29, 0.717) is 31.9 Å². The van der Waals surface area contributed by atoms with Crippen LogP contribution < -0.4 is 10.3 Å². The summed E-state index contributed by atoms with van der Waals surface area (Å²) in [6.07, 6.45) is 2.29. The molecule has 0 radical (unpaired) electrons. The molecule has 0 aromatic carbocycles. The molecule has 0 saturated carbocycles. The number of ether oxygens (including phenoxy) is 1. The largest absolute Gasteiger partial charge is 0.443 e. The van der Waals surface area contributed by atoms with Crippen LogP contribution in [0.3, 0.4) is 0 Å². The number of hydrogen-bond donors (Lipinski definition) is 1. The van der Waals surface area contributed by atoms with Gasteiger partial charge in [0.1, 0.15) is 17.5 Å². The van der Waals surface area contributed by atoms with Crippen molar-refractivity contribution in [2.24, 2.45) is 0 Å². The first-order valence-corrected chi connectivity index (χ1v) is 7.34. The monoisotopic (exact) mass is 323 g/mol. The summed E-state index contributed by atoms with van der Waals surface area (Å²) in [5, 5.41) is 12.8. The molecule has 0 spiro atoms. The SMILES string of the molecule is CC(C)(C)OC(=O)NN1CCN(c2ccncc2[N+](=O)[O-])CC1. The number of rotatable bonds is 3. The van der Waals surface area contributed by atoms with E-state index in [0.717, 1.165) is 0 Å². The zero-order chi connectivity index (χ0) is 17.0. The number of carbonyl (C=O) groups is 1. The normalized spacial score (nSPS) is 16.0. The topological polar surface area (TPSA) is 101 Å².